The van der Waals surface area contributed by atoms with Crippen molar-refractivity contribution in [2.24, 2.45) is 0 Å². The van der Waals surface area contributed by atoms with Gasteiger partial charge in [0.05, 0.1) is 0 Å². The molecule has 0 amide bonds. The molecule has 100 valence electrons. The molecule has 3 aromatic rings. The summed E-state index contributed by atoms with van der Waals surface area (Å²) >= 11 is 0. The Kier molecular flexibility index (Phi) is 3.75. The van der Waals surface area contributed by atoms with Gasteiger partial charge in [-0.1, -0.05) is 42.5 Å². The van der Waals surface area contributed by atoms with Crippen LogP contribution < -0.4 is 5.32 Å². The highest BCUT2D eigenvalue weighted by molar-refractivity contribution is 5.83. The molecule has 2 aromatic carbocycles. The number of hydrogen-bond donors (Lipinski definition) is 1. The topological polar surface area (TPSA) is 24.9 Å². The number of fused-ring (bicyclic) bond motifs is 1. The van der Waals surface area contributed by atoms with E-state index in [2.05, 4.69) is 58.8 Å². The molecule has 0 aliphatic heterocycles. The van der Waals surface area contributed by atoms with Gasteiger partial charge in [0.2, 0.25) is 0 Å². The van der Waals surface area contributed by atoms with Crippen LogP contribution in [0, 0.1) is 0 Å². The largest absolute Gasteiger partial charge is 0.313 e. The fourth-order valence-corrected chi connectivity index (χ4v) is 2.57. The van der Waals surface area contributed by atoms with Gasteiger partial charge in [-0.25, -0.2) is 0 Å². The van der Waals surface area contributed by atoms with Gasteiger partial charge in [0.25, 0.3) is 0 Å². The molecule has 1 N–H and O–H groups in total. The average molecular weight is 262 g/mol. The quantitative estimate of drug-likeness (QED) is 0.774. The zero-order valence-electron chi connectivity index (χ0n) is 11.6. The maximum atomic E-state index is 4.19. The molecule has 2 nitrogen and oxygen atoms in total. The molecule has 20 heavy (non-hydrogen) atoms. The second kappa shape index (κ2) is 5.85. The lowest BCUT2D eigenvalue weighted by molar-refractivity contribution is 0.592. The van der Waals surface area contributed by atoms with E-state index in [4.69, 9.17) is 0 Å². The number of nitrogens with one attached hydrogen (secondary N) is 1. The summed E-state index contributed by atoms with van der Waals surface area (Å²) in [5.41, 5.74) is 2.56. The molecular weight excluding hydrogens is 244 g/mol. The number of hydrogen-bond acceptors (Lipinski definition) is 2. The van der Waals surface area contributed by atoms with E-state index in [-0.39, 0.29) is 0 Å². The van der Waals surface area contributed by atoms with Crippen LogP contribution in [0.3, 0.4) is 0 Å². The molecule has 1 unspecified atom stereocenters. The molecule has 0 bridgehead atoms. The van der Waals surface area contributed by atoms with Crippen LogP contribution in [0.1, 0.15) is 17.2 Å². The van der Waals surface area contributed by atoms with E-state index in [1.165, 1.54) is 21.9 Å². The molecule has 0 aliphatic carbocycles. The Bertz CT molecular complexity index is 692. The third kappa shape index (κ3) is 2.70. The standard InChI is InChI=1S/C18H18N2/c1-19-18(11-14-5-4-10-20-13-14)17-9-8-15-6-2-3-7-16(15)12-17/h2-10,12-13,18-19H,11H2,1H3. The van der Waals surface area contributed by atoms with Crippen molar-refractivity contribution in [3.8, 4) is 0 Å². The van der Waals surface area contributed by atoms with Gasteiger partial charge in [-0.05, 0) is 47.5 Å². The SMILES string of the molecule is CNC(Cc1cccnc1)c1ccc2ccccc2c1. The third-order valence-corrected chi connectivity index (χ3v) is 3.69. The van der Waals surface area contributed by atoms with Gasteiger partial charge in [-0.3, -0.25) is 4.98 Å². The first-order valence-electron chi connectivity index (χ1n) is 6.91. The second-order valence-electron chi connectivity index (χ2n) is 5.01. The number of benzene rings is 2. The minimum absolute atomic E-state index is 0.309. The predicted octanol–water partition coefficient (Wildman–Crippen LogP) is 3.74. The van der Waals surface area contributed by atoms with E-state index >= 15 is 0 Å². The molecule has 0 radical (unpaired) electrons. The summed E-state index contributed by atoms with van der Waals surface area (Å²) in [4.78, 5) is 4.19. The number of nitrogens with zero attached hydrogens (tertiary/aromatic N) is 1. The molecular formula is C18H18N2. The highest BCUT2D eigenvalue weighted by Crippen LogP contribution is 2.22. The summed E-state index contributed by atoms with van der Waals surface area (Å²) in [5, 5.41) is 5.98. The molecule has 1 atom stereocenters. The summed E-state index contributed by atoms with van der Waals surface area (Å²) in [6.07, 6.45) is 4.70. The maximum Gasteiger partial charge on any atom is 0.0359 e. The van der Waals surface area contributed by atoms with Gasteiger partial charge in [-0.15, -0.1) is 0 Å². The normalized spacial score (nSPS) is 12.4. The maximum absolute atomic E-state index is 4.19. The van der Waals surface area contributed by atoms with Crippen LogP contribution in [0.15, 0.2) is 67.0 Å². The van der Waals surface area contributed by atoms with E-state index in [1.807, 2.05) is 25.5 Å². The van der Waals surface area contributed by atoms with Crippen LogP contribution in [0.2, 0.25) is 0 Å². The van der Waals surface area contributed by atoms with Crippen molar-refractivity contribution in [3.05, 3.63) is 78.1 Å². The van der Waals surface area contributed by atoms with Crippen molar-refractivity contribution < 1.29 is 0 Å². The van der Waals surface area contributed by atoms with E-state index in [1.54, 1.807) is 0 Å². The van der Waals surface area contributed by atoms with Gasteiger partial charge >= 0.3 is 0 Å². The van der Waals surface area contributed by atoms with Crippen molar-refractivity contribution in [2.45, 2.75) is 12.5 Å². The van der Waals surface area contributed by atoms with Gasteiger partial charge in [0, 0.05) is 18.4 Å². The molecule has 0 saturated heterocycles. The first-order chi connectivity index (χ1) is 9.86. The summed E-state index contributed by atoms with van der Waals surface area (Å²) < 4.78 is 0. The smallest absolute Gasteiger partial charge is 0.0359 e. The van der Waals surface area contributed by atoms with E-state index in [0.29, 0.717) is 6.04 Å². The van der Waals surface area contributed by atoms with Gasteiger partial charge in [0.15, 0.2) is 0 Å². The Labute approximate surface area is 119 Å². The Balaban J connectivity index is 1.91. The Morgan fingerprint density at radius 1 is 1.00 bits per heavy atom. The van der Waals surface area contributed by atoms with Crippen LogP contribution in [0.4, 0.5) is 0 Å². The fourth-order valence-electron chi connectivity index (χ4n) is 2.57. The van der Waals surface area contributed by atoms with Gasteiger partial charge in [0.1, 0.15) is 0 Å². The first kappa shape index (κ1) is 12.8. The molecule has 0 spiro atoms. The minimum atomic E-state index is 0.309. The Morgan fingerprint density at radius 2 is 1.85 bits per heavy atom. The first-order valence-corrected chi connectivity index (χ1v) is 6.91. The van der Waals surface area contributed by atoms with Gasteiger partial charge in [-0.2, -0.15) is 0 Å². The minimum Gasteiger partial charge on any atom is -0.313 e. The van der Waals surface area contributed by atoms with Crippen molar-refractivity contribution in [2.75, 3.05) is 7.05 Å². The highest BCUT2D eigenvalue weighted by atomic mass is 14.9. The zero-order chi connectivity index (χ0) is 13.8. The number of pyridine rings is 1. The lowest BCUT2D eigenvalue weighted by Crippen LogP contribution is -2.18. The molecule has 0 saturated carbocycles. The van der Waals surface area contributed by atoms with E-state index < -0.39 is 0 Å². The number of aromatic nitrogens is 1. The average Bonchev–Trinajstić information content (AvgIpc) is 2.53. The predicted molar refractivity (Wildman–Crippen MR) is 83.7 cm³/mol. The van der Waals surface area contributed by atoms with E-state index in [9.17, 15) is 0 Å². The van der Waals surface area contributed by atoms with Gasteiger partial charge < -0.3 is 5.32 Å². The molecule has 1 aromatic heterocycles. The second-order valence-corrected chi connectivity index (χ2v) is 5.01. The Hall–Kier alpha value is -2.19. The summed E-state index contributed by atoms with van der Waals surface area (Å²) in [5.74, 6) is 0. The van der Waals surface area contributed by atoms with Crippen molar-refractivity contribution in [3.63, 3.8) is 0 Å². The van der Waals surface area contributed by atoms with E-state index in [0.717, 1.165) is 6.42 Å². The molecule has 2 heteroatoms. The summed E-state index contributed by atoms with van der Waals surface area (Å²) in [7, 11) is 2.01. The van der Waals surface area contributed by atoms with Crippen LogP contribution >= 0.6 is 0 Å². The van der Waals surface area contributed by atoms with Crippen LogP contribution in [-0.2, 0) is 6.42 Å². The lowest BCUT2D eigenvalue weighted by Gasteiger charge is -2.17. The fraction of sp³-hybridized carbons (Fsp3) is 0.167. The van der Waals surface area contributed by atoms with Crippen LogP contribution in [0.5, 0.6) is 0 Å². The van der Waals surface area contributed by atoms with Crippen molar-refractivity contribution in [1.82, 2.24) is 10.3 Å². The lowest BCUT2D eigenvalue weighted by atomic mass is 9.97. The van der Waals surface area contributed by atoms with Crippen molar-refractivity contribution in [1.29, 1.82) is 0 Å². The highest BCUT2D eigenvalue weighted by Gasteiger charge is 2.10. The molecule has 1 heterocycles. The molecule has 0 aliphatic rings. The number of rotatable bonds is 4. The van der Waals surface area contributed by atoms with Crippen LogP contribution in [-0.4, -0.2) is 12.0 Å². The number of likely N-dealkylation sites (N-methyl/N-ethyl adjacent to an activating group) is 1. The zero-order valence-corrected chi connectivity index (χ0v) is 11.6. The third-order valence-electron chi connectivity index (χ3n) is 3.69. The Morgan fingerprint density at radius 3 is 2.60 bits per heavy atom. The van der Waals surface area contributed by atoms with Crippen molar-refractivity contribution >= 4 is 10.8 Å². The molecule has 3 rings (SSSR count). The monoisotopic (exact) mass is 262 g/mol. The summed E-state index contributed by atoms with van der Waals surface area (Å²) in [6.45, 7) is 0. The molecule has 0 fully saturated rings. The summed E-state index contributed by atoms with van der Waals surface area (Å²) in [6, 6.07) is 19.6. The van der Waals surface area contributed by atoms with Crippen LogP contribution in [0.25, 0.3) is 10.8 Å².